The van der Waals surface area contributed by atoms with Crippen LogP contribution in [0.3, 0.4) is 0 Å². The van der Waals surface area contributed by atoms with Crippen LogP contribution in [0.15, 0.2) is 35.3 Å². The molecule has 1 aromatic heterocycles. The van der Waals surface area contributed by atoms with E-state index in [9.17, 15) is 14.7 Å². The highest BCUT2D eigenvalue weighted by Gasteiger charge is 2.20. The molecule has 0 radical (unpaired) electrons. The van der Waals surface area contributed by atoms with Crippen molar-refractivity contribution >= 4 is 16.9 Å². The molecule has 0 aliphatic carbocycles. The number of rotatable bonds is 5. The predicted octanol–water partition coefficient (Wildman–Crippen LogP) is 1.31. The summed E-state index contributed by atoms with van der Waals surface area (Å²) in [6, 6.07) is 6.85. The first-order valence-electron chi connectivity index (χ1n) is 7.65. The first kappa shape index (κ1) is 17.1. The van der Waals surface area contributed by atoms with Gasteiger partial charge < -0.3 is 10.4 Å². The first-order chi connectivity index (χ1) is 10.8. The van der Waals surface area contributed by atoms with Gasteiger partial charge in [-0.1, -0.05) is 32.9 Å². The molecule has 1 unspecified atom stereocenters. The molecule has 6 heteroatoms. The number of fused-ring (bicyclic) bond motifs is 1. The van der Waals surface area contributed by atoms with Crippen molar-refractivity contribution in [2.75, 3.05) is 6.61 Å². The molecule has 2 aromatic rings. The molecule has 0 aliphatic heterocycles. The Kier molecular flexibility index (Phi) is 5.15. The number of carbonyl (C=O) groups excluding carboxylic acids is 1. The second kappa shape index (κ2) is 6.91. The SMILES string of the molecule is CC(C)(C)CC(CO)NC(=O)Cn1c(=O)cnc2ccccc21. The Balaban J connectivity index is 2.17. The Labute approximate surface area is 135 Å². The summed E-state index contributed by atoms with van der Waals surface area (Å²) in [6.07, 6.45) is 1.87. The minimum absolute atomic E-state index is 0.0130. The lowest BCUT2D eigenvalue weighted by atomic mass is 9.88. The normalized spacial score (nSPS) is 13.0. The number of nitrogens with one attached hydrogen (secondary N) is 1. The van der Waals surface area contributed by atoms with Crippen LogP contribution >= 0.6 is 0 Å². The lowest BCUT2D eigenvalue weighted by Crippen LogP contribution is -2.42. The molecular weight excluding hydrogens is 294 g/mol. The summed E-state index contributed by atoms with van der Waals surface area (Å²) in [5, 5.41) is 12.2. The van der Waals surface area contributed by atoms with E-state index in [1.807, 2.05) is 26.8 Å². The van der Waals surface area contributed by atoms with Gasteiger partial charge in [0.15, 0.2) is 0 Å². The third-order valence-corrected chi connectivity index (χ3v) is 3.50. The number of amides is 1. The molecule has 2 N–H and O–H groups in total. The monoisotopic (exact) mass is 317 g/mol. The van der Waals surface area contributed by atoms with Crippen LogP contribution < -0.4 is 10.9 Å². The second-order valence-corrected chi connectivity index (χ2v) is 6.88. The molecule has 0 bridgehead atoms. The second-order valence-electron chi connectivity index (χ2n) is 6.88. The number of aliphatic hydroxyl groups excluding tert-OH is 1. The maximum absolute atomic E-state index is 12.3. The zero-order chi connectivity index (χ0) is 17.0. The fraction of sp³-hybridized carbons (Fsp3) is 0.471. The van der Waals surface area contributed by atoms with Gasteiger partial charge in [0.2, 0.25) is 5.91 Å². The van der Waals surface area contributed by atoms with Crippen LogP contribution in [0.2, 0.25) is 0 Å². The number of carbonyl (C=O) groups is 1. The fourth-order valence-electron chi connectivity index (χ4n) is 2.60. The molecule has 23 heavy (non-hydrogen) atoms. The quantitative estimate of drug-likeness (QED) is 0.871. The summed E-state index contributed by atoms with van der Waals surface area (Å²) in [4.78, 5) is 28.4. The Morgan fingerprint density at radius 3 is 2.70 bits per heavy atom. The average Bonchev–Trinajstić information content (AvgIpc) is 2.48. The van der Waals surface area contributed by atoms with E-state index in [4.69, 9.17) is 0 Å². The van der Waals surface area contributed by atoms with Gasteiger partial charge in [-0.15, -0.1) is 0 Å². The van der Waals surface area contributed by atoms with Crippen molar-refractivity contribution in [3.8, 4) is 0 Å². The highest BCUT2D eigenvalue weighted by atomic mass is 16.3. The number of benzene rings is 1. The summed E-state index contributed by atoms with van der Waals surface area (Å²) in [6.45, 7) is 5.91. The molecule has 6 nitrogen and oxygen atoms in total. The van der Waals surface area contributed by atoms with Crippen LogP contribution in [-0.4, -0.2) is 33.2 Å². The topological polar surface area (TPSA) is 84.2 Å². The standard InChI is InChI=1S/C17H23N3O3/c1-17(2,3)8-12(11-21)19-15(22)10-20-14-7-5-4-6-13(14)18-9-16(20)23/h4-7,9,12,21H,8,10-11H2,1-3H3,(H,19,22). The molecule has 0 fully saturated rings. The molecule has 1 heterocycles. The van der Waals surface area contributed by atoms with Crippen molar-refractivity contribution in [1.82, 2.24) is 14.9 Å². The van der Waals surface area contributed by atoms with E-state index in [0.717, 1.165) is 0 Å². The molecule has 0 saturated carbocycles. The Hall–Kier alpha value is -2.21. The number of aliphatic hydroxyl groups is 1. The molecule has 1 atom stereocenters. The van der Waals surface area contributed by atoms with E-state index in [0.29, 0.717) is 17.5 Å². The van der Waals surface area contributed by atoms with E-state index in [2.05, 4.69) is 10.3 Å². The molecule has 1 aromatic carbocycles. The fourth-order valence-corrected chi connectivity index (χ4v) is 2.60. The molecule has 124 valence electrons. The average molecular weight is 317 g/mol. The van der Waals surface area contributed by atoms with E-state index < -0.39 is 0 Å². The van der Waals surface area contributed by atoms with E-state index in [1.165, 1.54) is 10.8 Å². The molecule has 0 aliphatic rings. The van der Waals surface area contributed by atoms with E-state index >= 15 is 0 Å². The molecule has 2 rings (SSSR count). The van der Waals surface area contributed by atoms with Crippen molar-refractivity contribution in [2.24, 2.45) is 5.41 Å². The van der Waals surface area contributed by atoms with Crippen LogP contribution in [0.4, 0.5) is 0 Å². The maximum atomic E-state index is 12.3. The minimum Gasteiger partial charge on any atom is -0.394 e. The summed E-state index contributed by atoms with van der Waals surface area (Å²) in [5.41, 5.74) is 0.941. The Bertz CT molecular complexity index is 747. The number of aromatic nitrogens is 2. The Morgan fingerprint density at radius 1 is 1.35 bits per heavy atom. The van der Waals surface area contributed by atoms with Crippen molar-refractivity contribution in [1.29, 1.82) is 0 Å². The summed E-state index contributed by atoms with van der Waals surface area (Å²) < 4.78 is 1.39. The number of hydrogen-bond donors (Lipinski definition) is 2. The van der Waals surface area contributed by atoms with Crippen molar-refractivity contribution in [3.63, 3.8) is 0 Å². The van der Waals surface area contributed by atoms with Crippen molar-refractivity contribution in [3.05, 3.63) is 40.8 Å². The van der Waals surface area contributed by atoms with Crippen LogP contribution in [-0.2, 0) is 11.3 Å². The van der Waals surface area contributed by atoms with E-state index in [1.54, 1.807) is 18.2 Å². The molecule has 0 spiro atoms. The number of hydrogen-bond acceptors (Lipinski definition) is 4. The van der Waals surface area contributed by atoms with Gasteiger partial charge in [0.1, 0.15) is 6.54 Å². The molecule has 1 amide bonds. The van der Waals surface area contributed by atoms with Crippen LogP contribution in [0.25, 0.3) is 11.0 Å². The van der Waals surface area contributed by atoms with Gasteiger partial charge in [0, 0.05) is 0 Å². The van der Waals surface area contributed by atoms with Crippen molar-refractivity contribution < 1.29 is 9.90 Å². The van der Waals surface area contributed by atoms with Gasteiger partial charge in [-0.2, -0.15) is 0 Å². The zero-order valence-electron chi connectivity index (χ0n) is 13.7. The number of nitrogens with zero attached hydrogens (tertiary/aromatic N) is 2. The van der Waals surface area contributed by atoms with Crippen LogP contribution in [0.5, 0.6) is 0 Å². The highest BCUT2D eigenvalue weighted by molar-refractivity contribution is 5.80. The van der Waals surface area contributed by atoms with Gasteiger partial charge in [-0.3, -0.25) is 14.2 Å². The lowest BCUT2D eigenvalue weighted by molar-refractivity contribution is -0.122. The van der Waals surface area contributed by atoms with Gasteiger partial charge in [-0.05, 0) is 24.0 Å². The van der Waals surface area contributed by atoms with Gasteiger partial charge in [-0.25, -0.2) is 4.98 Å². The largest absolute Gasteiger partial charge is 0.394 e. The van der Waals surface area contributed by atoms with Crippen LogP contribution in [0, 0.1) is 5.41 Å². The minimum atomic E-state index is -0.327. The Morgan fingerprint density at radius 2 is 2.04 bits per heavy atom. The highest BCUT2D eigenvalue weighted by Crippen LogP contribution is 2.20. The molecular formula is C17H23N3O3. The smallest absolute Gasteiger partial charge is 0.269 e. The third-order valence-electron chi connectivity index (χ3n) is 3.50. The van der Waals surface area contributed by atoms with Crippen LogP contribution in [0.1, 0.15) is 27.2 Å². The summed E-state index contributed by atoms with van der Waals surface area (Å²) in [5.74, 6) is -0.299. The number of para-hydroxylation sites is 2. The van der Waals surface area contributed by atoms with Crippen molar-refractivity contribution in [2.45, 2.75) is 39.8 Å². The first-order valence-corrected chi connectivity index (χ1v) is 7.65. The summed E-state index contributed by atoms with van der Waals surface area (Å²) in [7, 11) is 0. The third kappa shape index (κ3) is 4.63. The van der Waals surface area contributed by atoms with Gasteiger partial charge in [0.25, 0.3) is 5.56 Å². The van der Waals surface area contributed by atoms with Gasteiger partial charge >= 0.3 is 0 Å². The maximum Gasteiger partial charge on any atom is 0.269 e. The summed E-state index contributed by atoms with van der Waals surface area (Å²) >= 11 is 0. The predicted molar refractivity (Wildman–Crippen MR) is 89.1 cm³/mol. The molecule has 0 saturated heterocycles. The van der Waals surface area contributed by atoms with E-state index in [-0.39, 0.29) is 36.1 Å². The lowest BCUT2D eigenvalue weighted by Gasteiger charge is -2.25. The van der Waals surface area contributed by atoms with Gasteiger partial charge in [0.05, 0.1) is 29.9 Å². The zero-order valence-corrected chi connectivity index (χ0v) is 13.7.